The molecule has 0 aromatic heterocycles. The maximum Gasteiger partial charge on any atom is 0.334 e. The average molecular weight is 387 g/mol. The van der Waals surface area contributed by atoms with Crippen molar-refractivity contribution in [1.82, 2.24) is 5.32 Å². The average Bonchev–Trinajstić information content (AvgIpc) is 2.52. The predicted octanol–water partition coefficient (Wildman–Crippen LogP) is 5.63. The molecule has 1 atom stereocenters. The molecule has 2 rings (SSSR count). The van der Waals surface area contributed by atoms with Gasteiger partial charge in [0.05, 0.1) is 23.1 Å². The molecule has 144 valence electrons. The first-order valence-electron chi connectivity index (χ1n) is 9.15. The number of nitrogens with one attached hydrogen (secondary N) is 1. The maximum atomic E-state index is 12.2. The minimum atomic E-state index is -0.999. The van der Waals surface area contributed by atoms with Gasteiger partial charge < -0.3 is 10.4 Å². The third kappa shape index (κ3) is 5.14. The van der Waals surface area contributed by atoms with Crippen LogP contribution in [0.2, 0.25) is 5.02 Å². The van der Waals surface area contributed by atoms with E-state index in [2.05, 4.69) is 46.0 Å². The van der Waals surface area contributed by atoms with Crippen LogP contribution in [0, 0.1) is 22.7 Å². The third-order valence-corrected chi connectivity index (χ3v) is 4.66. The molecule has 1 heterocycles. The molecule has 0 fully saturated rings. The van der Waals surface area contributed by atoms with Gasteiger partial charge in [-0.1, -0.05) is 58.4 Å². The number of benzene rings is 1. The van der Waals surface area contributed by atoms with Gasteiger partial charge in [-0.2, -0.15) is 5.26 Å². The molecule has 0 aliphatic carbocycles. The van der Waals surface area contributed by atoms with Crippen LogP contribution in [0.15, 0.2) is 46.8 Å². The van der Waals surface area contributed by atoms with Crippen LogP contribution in [-0.2, 0) is 4.79 Å². The zero-order valence-corrected chi connectivity index (χ0v) is 17.3. The molecular weight excluding hydrogens is 360 g/mol. The van der Waals surface area contributed by atoms with Crippen LogP contribution >= 0.6 is 11.6 Å². The first-order chi connectivity index (χ1) is 12.5. The fraction of sp³-hybridized carbons (Fsp3) is 0.455. The Balaban J connectivity index is 2.71. The number of rotatable bonds is 5. The van der Waals surface area contributed by atoms with E-state index in [0.29, 0.717) is 29.1 Å². The van der Waals surface area contributed by atoms with Crippen molar-refractivity contribution in [3.8, 4) is 6.07 Å². The molecule has 0 amide bonds. The van der Waals surface area contributed by atoms with Crippen LogP contribution in [0.5, 0.6) is 0 Å². The lowest BCUT2D eigenvalue weighted by molar-refractivity contribution is -0.133. The molecule has 4 nitrogen and oxygen atoms in total. The van der Waals surface area contributed by atoms with Crippen LogP contribution in [0.25, 0.3) is 0 Å². The second-order valence-corrected chi connectivity index (χ2v) is 9.08. The summed E-state index contributed by atoms with van der Waals surface area (Å²) in [5, 5.41) is 23.8. The molecule has 0 spiro atoms. The third-order valence-electron chi connectivity index (χ3n) is 4.40. The second-order valence-electron chi connectivity index (χ2n) is 8.65. The number of carboxylic acids is 1. The Hall–Kier alpha value is -2.25. The van der Waals surface area contributed by atoms with Gasteiger partial charge in [-0.25, -0.2) is 4.79 Å². The van der Waals surface area contributed by atoms with Gasteiger partial charge in [0.2, 0.25) is 0 Å². The lowest BCUT2D eigenvalue weighted by atomic mass is 9.77. The summed E-state index contributed by atoms with van der Waals surface area (Å²) in [6.07, 6.45) is 1.27. The summed E-state index contributed by atoms with van der Waals surface area (Å²) in [6.45, 7) is 10.4. The number of allylic oxidation sites excluding steroid dienone is 3. The first kappa shape index (κ1) is 21.1. The summed E-state index contributed by atoms with van der Waals surface area (Å²) in [6, 6.07) is 9.37. The topological polar surface area (TPSA) is 73.1 Å². The molecule has 27 heavy (non-hydrogen) atoms. The van der Waals surface area contributed by atoms with Crippen LogP contribution < -0.4 is 5.32 Å². The highest BCUT2D eigenvalue weighted by Crippen LogP contribution is 2.42. The Morgan fingerprint density at radius 2 is 1.85 bits per heavy atom. The van der Waals surface area contributed by atoms with Gasteiger partial charge in [0.1, 0.15) is 0 Å². The fourth-order valence-electron chi connectivity index (χ4n) is 3.42. The highest BCUT2D eigenvalue weighted by molar-refractivity contribution is 6.30. The van der Waals surface area contributed by atoms with Gasteiger partial charge in [0, 0.05) is 16.4 Å². The molecule has 1 unspecified atom stereocenters. The van der Waals surface area contributed by atoms with Gasteiger partial charge >= 0.3 is 5.97 Å². The van der Waals surface area contributed by atoms with Crippen LogP contribution in [-0.4, -0.2) is 11.1 Å². The van der Waals surface area contributed by atoms with Crippen molar-refractivity contribution in [1.29, 1.82) is 5.26 Å². The van der Waals surface area contributed by atoms with Gasteiger partial charge in [-0.05, 0) is 41.9 Å². The molecule has 1 aromatic rings. The van der Waals surface area contributed by atoms with Crippen LogP contribution in [0.1, 0.15) is 58.9 Å². The zero-order chi connectivity index (χ0) is 20.4. The summed E-state index contributed by atoms with van der Waals surface area (Å²) >= 11 is 6.02. The molecule has 0 saturated carbocycles. The molecule has 2 N–H and O–H groups in total. The number of nitrogens with zero attached hydrogens (tertiary/aromatic N) is 1. The number of halogens is 1. The van der Waals surface area contributed by atoms with E-state index in [-0.39, 0.29) is 16.9 Å². The Bertz CT molecular complexity index is 821. The summed E-state index contributed by atoms with van der Waals surface area (Å²) in [7, 11) is 0. The Morgan fingerprint density at radius 1 is 1.26 bits per heavy atom. The minimum Gasteiger partial charge on any atom is -0.478 e. The first-order valence-corrected chi connectivity index (χ1v) is 9.53. The van der Waals surface area contributed by atoms with E-state index in [9.17, 15) is 15.2 Å². The van der Waals surface area contributed by atoms with Crippen molar-refractivity contribution in [2.24, 2.45) is 11.3 Å². The van der Waals surface area contributed by atoms with Gasteiger partial charge in [0.25, 0.3) is 0 Å². The molecule has 1 aliphatic rings. The van der Waals surface area contributed by atoms with E-state index in [1.807, 2.05) is 0 Å². The van der Waals surface area contributed by atoms with E-state index < -0.39 is 11.9 Å². The molecule has 1 aromatic carbocycles. The number of dihydropyridines is 1. The molecule has 5 heteroatoms. The van der Waals surface area contributed by atoms with E-state index in [1.165, 1.54) is 0 Å². The molecule has 0 saturated heterocycles. The fourth-order valence-corrected chi connectivity index (χ4v) is 3.55. The molecule has 0 bridgehead atoms. The predicted molar refractivity (Wildman–Crippen MR) is 108 cm³/mol. The second kappa shape index (κ2) is 8.19. The van der Waals surface area contributed by atoms with E-state index in [0.717, 1.165) is 11.3 Å². The van der Waals surface area contributed by atoms with Crippen molar-refractivity contribution in [3.63, 3.8) is 0 Å². The smallest absolute Gasteiger partial charge is 0.334 e. The Morgan fingerprint density at radius 3 is 2.30 bits per heavy atom. The van der Waals surface area contributed by atoms with E-state index in [1.54, 1.807) is 24.3 Å². The maximum absolute atomic E-state index is 12.2. The standard InChI is InChI=1S/C22H27ClN2O2/c1-13(2)10-17-20(21(26)27)19(14-6-8-15(23)9-7-14)16(12-24)18(25-17)11-22(3,4)5/h6-9,13,19,25H,10-11H2,1-5H3,(H,26,27). The highest BCUT2D eigenvalue weighted by atomic mass is 35.5. The quantitative estimate of drug-likeness (QED) is 0.688. The highest BCUT2D eigenvalue weighted by Gasteiger charge is 2.36. The number of carbonyl (C=O) groups is 1. The summed E-state index contributed by atoms with van der Waals surface area (Å²) < 4.78 is 0. The lowest BCUT2D eigenvalue weighted by Crippen LogP contribution is -2.32. The number of hydrogen-bond acceptors (Lipinski definition) is 3. The SMILES string of the molecule is CC(C)CC1=C(C(=O)O)C(c2ccc(Cl)cc2)C(C#N)=C(CC(C)(C)C)N1. The number of hydrogen-bond donors (Lipinski definition) is 2. The van der Waals surface area contributed by atoms with Crippen molar-refractivity contribution >= 4 is 17.6 Å². The van der Waals surface area contributed by atoms with Crippen molar-refractivity contribution in [2.75, 3.05) is 0 Å². The van der Waals surface area contributed by atoms with Gasteiger partial charge in [-0.3, -0.25) is 0 Å². The van der Waals surface area contributed by atoms with E-state index in [4.69, 9.17) is 11.6 Å². The Labute approximate surface area is 166 Å². The summed E-state index contributed by atoms with van der Waals surface area (Å²) in [5.41, 5.74) is 2.94. The molecule has 1 aliphatic heterocycles. The zero-order valence-electron chi connectivity index (χ0n) is 16.6. The lowest BCUT2D eigenvalue weighted by Gasteiger charge is -2.33. The van der Waals surface area contributed by atoms with Gasteiger partial charge in [-0.15, -0.1) is 0 Å². The minimum absolute atomic E-state index is 0.0430. The number of carboxylic acid groups (broad SMARTS) is 1. The summed E-state index contributed by atoms with van der Waals surface area (Å²) in [5.74, 6) is -1.31. The molecule has 0 radical (unpaired) electrons. The van der Waals surface area contributed by atoms with Crippen LogP contribution in [0.3, 0.4) is 0 Å². The normalized spacial score (nSPS) is 17.8. The van der Waals surface area contributed by atoms with Crippen molar-refractivity contribution in [2.45, 2.75) is 53.4 Å². The van der Waals surface area contributed by atoms with Crippen molar-refractivity contribution in [3.05, 3.63) is 57.4 Å². The number of nitriles is 1. The summed E-state index contributed by atoms with van der Waals surface area (Å²) in [4.78, 5) is 12.2. The molecular formula is C22H27ClN2O2. The number of aliphatic carboxylic acids is 1. The van der Waals surface area contributed by atoms with Gasteiger partial charge in [0.15, 0.2) is 0 Å². The van der Waals surface area contributed by atoms with Crippen molar-refractivity contribution < 1.29 is 9.90 Å². The Kier molecular flexibility index (Phi) is 6.38. The van der Waals surface area contributed by atoms with Crippen LogP contribution in [0.4, 0.5) is 0 Å². The monoisotopic (exact) mass is 386 g/mol. The van der Waals surface area contributed by atoms with E-state index >= 15 is 0 Å². The largest absolute Gasteiger partial charge is 0.478 e.